The van der Waals surface area contributed by atoms with Crippen molar-refractivity contribution in [1.29, 1.82) is 0 Å². The van der Waals surface area contributed by atoms with Crippen LogP contribution in [0.5, 0.6) is 0 Å². The molecule has 1 aromatic carbocycles. The molecule has 0 unspecified atom stereocenters. The van der Waals surface area contributed by atoms with Crippen LogP contribution in [0.25, 0.3) is 0 Å². The number of para-hydroxylation sites is 1. The smallest absolute Gasteiger partial charge is 0.270 e. The fourth-order valence-corrected chi connectivity index (χ4v) is 1.41. The summed E-state index contributed by atoms with van der Waals surface area (Å²) in [5, 5.41) is 1.09. The first-order valence-electron chi connectivity index (χ1n) is 3.57. The molecule has 0 heterocycles. The summed E-state index contributed by atoms with van der Waals surface area (Å²) in [6, 6.07) is 7.78. The van der Waals surface area contributed by atoms with E-state index in [0.29, 0.717) is 9.76 Å². The van der Waals surface area contributed by atoms with Crippen LogP contribution in [0.1, 0.15) is 6.92 Å². The lowest BCUT2D eigenvalue weighted by atomic mass is 10.3. The molecular formula is C8H11NOSi. The van der Waals surface area contributed by atoms with Crippen molar-refractivity contribution in [1.82, 2.24) is 0 Å². The number of nitrogen functional groups attached to an aromatic ring is 1. The maximum absolute atomic E-state index is 5.69. The van der Waals surface area contributed by atoms with Crippen molar-refractivity contribution in [2.45, 2.75) is 6.92 Å². The van der Waals surface area contributed by atoms with Crippen LogP contribution in [0, 0.1) is 0 Å². The van der Waals surface area contributed by atoms with Crippen molar-refractivity contribution in [2.75, 3.05) is 12.3 Å². The third-order valence-electron chi connectivity index (χ3n) is 1.29. The Morgan fingerprint density at radius 1 is 1.45 bits per heavy atom. The van der Waals surface area contributed by atoms with Gasteiger partial charge in [0, 0.05) is 12.3 Å². The predicted molar refractivity (Wildman–Crippen MR) is 47.9 cm³/mol. The van der Waals surface area contributed by atoms with Gasteiger partial charge >= 0.3 is 0 Å². The van der Waals surface area contributed by atoms with Crippen LogP contribution in [0.2, 0.25) is 0 Å². The van der Waals surface area contributed by atoms with Crippen LogP contribution in [0.3, 0.4) is 0 Å². The van der Waals surface area contributed by atoms with Gasteiger partial charge in [0.2, 0.25) is 0 Å². The molecule has 2 radical (unpaired) electrons. The lowest BCUT2D eigenvalue weighted by Gasteiger charge is -2.01. The van der Waals surface area contributed by atoms with Crippen molar-refractivity contribution in [3.8, 4) is 0 Å². The van der Waals surface area contributed by atoms with Gasteiger partial charge < -0.3 is 10.2 Å². The molecule has 58 valence electrons. The highest BCUT2D eigenvalue weighted by molar-refractivity contribution is 6.49. The van der Waals surface area contributed by atoms with Crippen LogP contribution in [0.4, 0.5) is 5.69 Å². The standard InChI is InChI=1S/C8H11NOSi/c1-2-10-11-8-6-4-3-5-7(8)9/h3-6H,2,9H2,1H3. The van der Waals surface area contributed by atoms with Crippen molar-refractivity contribution >= 4 is 20.6 Å². The monoisotopic (exact) mass is 165 g/mol. The fourth-order valence-electron chi connectivity index (χ4n) is 0.740. The molecule has 0 aliphatic rings. The third-order valence-corrected chi connectivity index (χ3v) is 2.40. The summed E-state index contributed by atoms with van der Waals surface area (Å²) in [6.45, 7) is 2.72. The Labute approximate surface area is 69.3 Å². The lowest BCUT2D eigenvalue weighted by Crippen LogP contribution is -2.20. The Morgan fingerprint density at radius 2 is 2.18 bits per heavy atom. The van der Waals surface area contributed by atoms with E-state index < -0.39 is 0 Å². The Balaban J connectivity index is 2.62. The molecule has 1 aromatic rings. The second-order valence-corrected chi connectivity index (χ2v) is 3.15. The number of benzene rings is 1. The number of anilines is 1. The molecule has 2 nitrogen and oxygen atoms in total. The van der Waals surface area contributed by atoms with Crippen molar-refractivity contribution in [3.63, 3.8) is 0 Å². The van der Waals surface area contributed by atoms with Crippen LogP contribution < -0.4 is 10.9 Å². The highest BCUT2D eigenvalue weighted by Gasteiger charge is 1.98. The van der Waals surface area contributed by atoms with E-state index in [2.05, 4.69) is 0 Å². The highest BCUT2D eigenvalue weighted by atomic mass is 28.2. The largest absolute Gasteiger partial charge is 0.412 e. The van der Waals surface area contributed by atoms with Gasteiger partial charge in [-0.15, -0.1) is 0 Å². The first kappa shape index (κ1) is 8.29. The van der Waals surface area contributed by atoms with E-state index in [4.69, 9.17) is 10.2 Å². The maximum atomic E-state index is 5.69. The van der Waals surface area contributed by atoms with Gasteiger partial charge in [0.25, 0.3) is 9.76 Å². The Bertz CT molecular complexity index is 227. The molecule has 0 saturated heterocycles. The molecule has 2 N–H and O–H groups in total. The van der Waals surface area contributed by atoms with Gasteiger partial charge in [0.05, 0.1) is 0 Å². The minimum Gasteiger partial charge on any atom is -0.412 e. The minimum atomic E-state index is 0.378. The third kappa shape index (κ3) is 2.36. The summed E-state index contributed by atoms with van der Waals surface area (Å²) in [6.07, 6.45) is 0. The molecule has 0 bridgehead atoms. The summed E-state index contributed by atoms with van der Waals surface area (Å²) in [4.78, 5) is 0. The van der Waals surface area contributed by atoms with Crippen LogP contribution >= 0.6 is 0 Å². The van der Waals surface area contributed by atoms with E-state index in [-0.39, 0.29) is 0 Å². The zero-order valence-corrected chi connectivity index (χ0v) is 7.50. The zero-order chi connectivity index (χ0) is 8.10. The van der Waals surface area contributed by atoms with Crippen LogP contribution in [-0.2, 0) is 4.43 Å². The van der Waals surface area contributed by atoms with E-state index in [9.17, 15) is 0 Å². The van der Waals surface area contributed by atoms with Gasteiger partial charge in [0.1, 0.15) is 0 Å². The van der Waals surface area contributed by atoms with Gasteiger partial charge in [-0.1, -0.05) is 18.2 Å². The SMILES string of the molecule is CCO[Si]c1ccccc1N. The number of hydrogen-bond acceptors (Lipinski definition) is 2. The number of hydrogen-bond donors (Lipinski definition) is 1. The average molecular weight is 165 g/mol. The summed E-state index contributed by atoms with van der Waals surface area (Å²) >= 11 is 0. The summed E-state index contributed by atoms with van der Waals surface area (Å²) in [5.74, 6) is 0. The van der Waals surface area contributed by atoms with Crippen LogP contribution in [-0.4, -0.2) is 16.4 Å². The van der Waals surface area contributed by atoms with Gasteiger partial charge in [-0.2, -0.15) is 0 Å². The topological polar surface area (TPSA) is 35.2 Å². The second kappa shape index (κ2) is 4.15. The first-order chi connectivity index (χ1) is 5.34. The van der Waals surface area contributed by atoms with E-state index in [0.717, 1.165) is 17.5 Å². The molecule has 0 saturated carbocycles. The summed E-state index contributed by atoms with van der Waals surface area (Å²) in [7, 11) is 0.378. The molecule has 0 aliphatic carbocycles. The van der Waals surface area contributed by atoms with Gasteiger partial charge in [-0.25, -0.2) is 0 Å². The lowest BCUT2D eigenvalue weighted by molar-refractivity contribution is 0.367. The minimum absolute atomic E-state index is 0.378. The predicted octanol–water partition coefficient (Wildman–Crippen LogP) is 0.550. The van der Waals surface area contributed by atoms with Gasteiger partial charge in [0.15, 0.2) is 0 Å². The molecule has 1 rings (SSSR count). The van der Waals surface area contributed by atoms with E-state index in [1.54, 1.807) is 0 Å². The Hall–Kier alpha value is -0.803. The molecule has 0 atom stereocenters. The van der Waals surface area contributed by atoms with Gasteiger partial charge in [-0.3, -0.25) is 0 Å². The van der Waals surface area contributed by atoms with Crippen molar-refractivity contribution in [3.05, 3.63) is 24.3 Å². The second-order valence-electron chi connectivity index (χ2n) is 2.12. The van der Waals surface area contributed by atoms with Crippen LogP contribution in [0.15, 0.2) is 24.3 Å². The molecule has 0 aromatic heterocycles. The average Bonchev–Trinajstić information content (AvgIpc) is 2.03. The normalized spacial score (nSPS) is 9.91. The Kier molecular flexibility index (Phi) is 3.13. The van der Waals surface area contributed by atoms with E-state index in [1.807, 2.05) is 31.2 Å². The number of nitrogens with two attached hydrogens (primary N) is 1. The van der Waals surface area contributed by atoms with Gasteiger partial charge in [-0.05, 0) is 18.2 Å². The number of rotatable bonds is 3. The summed E-state index contributed by atoms with van der Waals surface area (Å²) < 4.78 is 5.25. The molecule has 0 aliphatic heterocycles. The molecular weight excluding hydrogens is 154 g/mol. The summed E-state index contributed by atoms with van der Waals surface area (Å²) in [5.41, 5.74) is 6.51. The Morgan fingerprint density at radius 3 is 2.82 bits per heavy atom. The molecule has 0 spiro atoms. The first-order valence-corrected chi connectivity index (χ1v) is 4.47. The molecule has 0 fully saturated rings. The molecule has 11 heavy (non-hydrogen) atoms. The van der Waals surface area contributed by atoms with E-state index in [1.165, 1.54) is 0 Å². The zero-order valence-electron chi connectivity index (χ0n) is 6.50. The van der Waals surface area contributed by atoms with E-state index >= 15 is 0 Å². The quantitative estimate of drug-likeness (QED) is 0.524. The molecule has 3 heteroatoms. The van der Waals surface area contributed by atoms with Crippen molar-refractivity contribution < 1.29 is 4.43 Å². The van der Waals surface area contributed by atoms with Crippen molar-refractivity contribution in [2.24, 2.45) is 0 Å². The fraction of sp³-hybridized carbons (Fsp3) is 0.250. The highest BCUT2D eigenvalue weighted by Crippen LogP contribution is 1.94. The molecule has 0 amide bonds. The maximum Gasteiger partial charge on any atom is 0.270 e.